The van der Waals surface area contributed by atoms with E-state index in [-0.39, 0.29) is 28.4 Å². The van der Waals surface area contributed by atoms with E-state index in [9.17, 15) is 18.3 Å². The first kappa shape index (κ1) is 17.5. The maximum absolute atomic E-state index is 12.2. The van der Waals surface area contributed by atoms with Crippen LogP contribution in [0.3, 0.4) is 0 Å². The Morgan fingerprint density at radius 3 is 2.46 bits per heavy atom. The highest BCUT2D eigenvalue weighted by atomic mass is 32.2. The quantitative estimate of drug-likeness (QED) is 0.570. The van der Waals surface area contributed by atoms with E-state index in [1.54, 1.807) is 12.1 Å². The maximum atomic E-state index is 12.2. The summed E-state index contributed by atoms with van der Waals surface area (Å²) in [6.45, 7) is 1.70. The predicted molar refractivity (Wildman–Crippen MR) is 91.3 cm³/mol. The number of carbonyl (C=O) groups is 1. The molecule has 2 aromatic carbocycles. The number of nitrogens with one attached hydrogen (secondary N) is 2. The minimum atomic E-state index is -3.70. The molecule has 0 radical (unpaired) electrons. The molecule has 1 amide bonds. The first-order valence-corrected chi connectivity index (χ1v) is 8.46. The molecule has 24 heavy (non-hydrogen) atoms. The van der Waals surface area contributed by atoms with Gasteiger partial charge in [0.25, 0.3) is 5.91 Å². The fourth-order valence-electron chi connectivity index (χ4n) is 1.95. The predicted octanol–water partition coefficient (Wildman–Crippen LogP) is 1.86. The number of hydrogen-bond acceptors (Lipinski definition) is 4. The lowest BCUT2D eigenvalue weighted by atomic mass is 10.2. The Morgan fingerprint density at radius 2 is 1.88 bits per heavy atom. The third-order valence-corrected chi connectivity index (χ3v) is 4.61. The number of amides is 1. The van der Waals surface area contributed by atoms with Gasteiger partial charge in [0.15, 0.2) is 0 Å². The number of sulfonamides is 1. The molecule has 2 aromatic rings. The third-order valence-electron chi connectivity index (χ3n) is 3.19. The lowest BCUT2D eigenvalue weighted by Crippen LogP contribution is -2.24. The second-order valence-electron chi connectivity index (χ2n) is 5.03. The van der Waals surface area contributed by atoms with Gasteiger partial charge in [-0.15, -0.1) is 6.42 Å². The summed E-state index contributed by atoms with van der Waals surface area (Å²) >= 11 is 0. The molecule has 0 aliphatic heterocycles. The highest BCUT2D eigenvalue weighted by Crippen LogP contribution is 2.24. The highest BCUT2D eigenvalue weighted by Gasteiger charge is 2.14. The summed E-state index contributed by atoms with van der Waals surface area (Å²) in [7, 11) is -3.70. The van der Waals surface area contributed by atoms with Crippen molar-refractivity contribution in [2.45, 2.75) is 11.8 Å². The SMILES string of the molecule is C#CCNS(=O)(=O)c1ccc(C(=O)Nc2ccc(C)cc2O)cc1. The Morgan fingerprint density at radius 1 is 1.21 bits per heavy atom. The van der Waals surface area contributed by atoms with Crippen molar-refractivity contribution < 1.29 is 18.3 Å². The van der Waals surface area contributed by atoms with E-state index in [2.05, 4.69) is 16.0 Å². The standard InChI is InChI=1S/C17H16N2O4S/c1-3-10-18-24(22,23)14-7-5-13(6-8-14)17(21)19-15-9-4-12(2)11-16(15)20/h1,4-9,11,18,20H,10H2,2H3,(H,19,21). The average molecular weight is 344 g/mol. The summed E-state index contributed by atoms with van der Waals surface area (Å²) in [4.78, 5) is 12.2. The van der Waals surface area contributed by atoms with Crippen LogP contribution in [0.25, 0.3) is 0 Å². The summed E-state index contributed by atoms with van der Waals surface area (Å²) in [6, 6.07) is 10.2. The zero-order chi connectivity index (χ0) is 17.7. The van der Waals surface area contributed by atoms with E-state index >= 15 is 0 Å². The van der Waals surface area contributed by atoms with Gasteiger partial charge < -0.3 is 10.4 Å². The molecule has 0 aliphatic rings. The number of aryl methyl sites for hydroxylation is 1. The van der Waals surface area contributed by atoms with E-state index in [0.29, 0.717) is 0 Å². The van der Waals surface area contributed by atoms with Gasteiger partial charge >= 0.3 is 0 Å². The molecule has 6 nitrogen and oxygen atoms in total. The van der Waals surface area contributed by atoms with Gasteiger partial charge in [0, 0.05) is 5.56 Å². The monoisotopic (exact) mass is 344 g/mol. The number of anilines is 1. The molecule has 0 atom stereocenters. The van der Waals surface area contributed by atoms with Crippen molar-refractivity contribution in [3.8, 4) is 18.1 Å². The smallest absolute Gasteiger partial charge is 0.255 e. The molecular weight excluding hydrogens is 328 g/mol. The van der Waals surface area contributed by atoms with Crippen molar-refractivity contribution in [1.29, 1.82) is 0 Å². The number of rotatable bonds is 5. The molecule has 3 N–H and O–H groups in total. The lowest BCUT2D eigenvalue weighted by Gasteiger charge is -2.09. The Hall–Kier alpha value is -2.82. The van der Waals surface area contributed by atoms with Crippen LogP contribution in [0.2, 0.25) is 0 Å². The van der Waals surface area contributed by atoms with Crippen LogP contribution in [0.15, 0.2) is 47.4 Å². The van der Waals surface area contributed by atoms with Crippen molar-refractivity contribution >= 4 is 21.6 Å². The molecule has 0 spiro atoms. The number of phenolic OH excluding ortho intramolecular Hbond substituents is 1. The first-order chi connectivity index (χ1) is 11.3. The van der Waals surface area contributed by atoms with Gasteiger partial charge in [0.05, 0.1) is 17.1 Å². The normalized spacial score (nSPS) is 10.8. The Labute approximate surface area is 140 Å². The van der Waals surface area contributed by atoms with Gasteiger partial charge in [0.2, 0.25) is 10.0 Å². The molecule has 2 rings (SSSR count). The number of terminal acetylenes is 1. The molecule has 0 unspecified atom stereocenters. The summed E-state index contributed by atoms with van der Waals surface area (Å²) in [5, 5.41) is 12.4. The third kappa shape index (κ3) is 4.13. The van der Waals surface area contributed by atoms with Crippen LogP contribution in [0.1, 0.15) is 15.9 Å². The van der Waals surface area contributed by atoms with Crippen LogP contribution in [-0.4, -0.2) is 26.0 Å². The largest absolute Gasteiger partial charge is 0.506 e. The number of benzene rings is 2. The fourth-order valence-corrected chi connectivity index (χ4v) is 2.88. The summed E-state index contributed by atoms with van der Waals surface area (Å²) in [5.74, 6) is 1.68. The van der Waals surface area contributed by atoms with E-state index in [4.69, 9.17) is 6.42 Å². The zero-order valence-electron chi connectivity index (χ0n) is 12.9. The molecule has 0 bridgehead atoms. The minimum Gasteiger partial charge on any atom is -0.506 e. The van der Waals surface area contributed by atoms with Crippen LogP contribution in [0, 0.1) is 19.3 Å². The number of carbonyl (C=O) groups excluding carboxylic acids is 1. The summed E-state index contributed by atoms with van der Waals surface area (Å²) in [5.41, 5.74) is 1.39. The fraction of sp³-hybridized carbons (Fsp3) is 0.118. The van der Waals surface area contributed by atoms with Crippen molar-refractivity contribution in [3.63, 3.8) is 0 Å². The topological polar surface area (TPSA) is 95.5 Å². The Balaban J connectivity index is 2.16. The van der Waals surface area contributed by atoms with Crippen LogP contribution < -0.4 is 10.0 Å². The Bertz CT molecular complexity index is 897. The van der Waals surface area contributed by atoms with Crippen LogP contribution >= 0.6 is 0 Å². The average Bonchev–Trinajstić information content (AvgIpc) is 2.55. The molecule has 0 aromatic heterocycles. The van der Waals surface area contributed by atoms with Crippen LogP contribution in [0.5, 0.6) is 5.75 Å². The van der Waals surface area contributed by atoms with E-state index < -0.39 is 15.9 Å². The summed E-state index contributed by atoms with van der Waals surface area (Å²) in [6.07, 6.45) is 5.02. The second kappa shape index (κ2) is 7.17. The van der Waals surface area contributed by atoms with Crippen molar-refractivity contribution in [1.82, 2.24) is 4.72 Å². The molecular formula is C17H16N2O4S. The minimum absolute atomic E-state index is 0.00693. The van der Waals surface area contributed by atoms with Gasteiger partial charge in [-0.3, -0.25) is 4.79 Å². The molecule has 0 aliphatic carbocycles. The molecule has 0 saturated heterocycles. The lowest BCUT2D eigenvalue weighted by molar-refractivity contribution is 0.102. The van der Waals surface area contributed by atoms with Crippen molar-refractivity contribution in [3.05, 3.63) is 53.6 Å². The van der Waals surface area contributed by atoms with Gasteiger partial charge in [-0.1, -0.05) is 12.0 Å². The number of phenols is 1. The molecule has 124 valence electrons. The van der Waals surface area contributed by atoms with E-state index in [1.165, 1.54) is 30.3 Å². The van der Waals surface area contributed by atoms with Crippen molar-refractivity contribution in [2.75, 3.05) is 11.9 Å². The van der Waals surface area contributed by atoms with Crippen LogP contribution in [0.4, 0.5) is 5.69 Å². The van der Waals surface area contributed by atoms with Gasteiger partial charge in [-0.05, 0) is 48.9 Å². The van der Waals surface area contributed by atoms with Gasteiger partial charge in [0.1, 0.15) is 5.75 Å². The molecule has 0 saturated carbocycles. The first-order valence-electron chi connectivity index (χ1n) is 6.97. The maximum Gasteiger partial charge on any atom is 0.255 e. The van der Waals surface area contributed by atoms with E-state index in [1.807, 2.05) is 6.92 Å². The second-order valence-corrected chi connectivity index (χ2v) is 6.79. The van der Waals surface area contributed by atoms with Crippen LogP contribution in [-0.2, 0) is 10.0 Å². The highest BCUT2D eigenvalue weighted by molar-refractivity contribution is 7.89. The molecule has 0 heterocycles. The molecule has 7 heteroatoms. The Kier molecular flexibility index (Phi) is 5.24. The molecule has 0 fully saturated rings. The number of aromatic hydroxyl groups is 1. The van der Waals surface area contributed by atoms with Gasteiger partial charge in [-0.2, -0.15) is 4.72 Å². The summed E-state index contributed by atoms with van der Waals surface area (Å²) < 4.78 is 26.0. The van der Waals surface area contributed by atoms with E-state index in [0.717, 1.165) is 5.56 Å². The number of hydrogen-bond donors (Lipinski definition) is 3. The van der Waals surface area contributed by atoms with Crippen molar-refractivity contribution in [2.24, 2.45) is 0 Å². The van der Waals surface area contributed by atoms with Gasteiger partial charge in [-0.25, -0.2) is 8.42 Å². The zero-order valence-corrected chi connectivity index (χ0v) is 13.7.